The predicted octanol–water partition coefficient (Wildman–Crippen LogP) is 1.09. The molecule has 4 heterocycles. The van der Waals surface area contributed by atoms with Crippen LogP contribution in [-0.2, 0) is 13.5 Å². The van der Waals surface area contributed by atoms with Crippen LogP contribution in [0.1, 0.15) is 40.5 Å². The molecule has 2 aliphatic heterocycles. The highest BCUT2D eigenvalue weighted by Crippen LogP contribution is 2.43. The first-order valence-electron chi connectivity index (χ1n) is 7.96. The van der Waals surface area contributed by atoms with Crippen molar-refractivity contribution in [3.05, 3.63) is 52.0 Å². The third-order valence-corrected chi connectivity index (χ3v) is 4.99. The molecule has 0 N–H and O–H groups in total. The average Bonchev–Trinajstić information content (AvgIpc) is 2.91. The smallest absolute Gasteiger partial charge is 0.259 e. The van der Waals surface area contributed by atoms with Gasteiger partial charge in [0.05, 0.1) is 24.4 Å². The normalized spacial score (nSPS) is 21.5. The fourth-order valence-electron chi connectivity index (χ4n) is 3.82. The molecule has 1 amide bonds. The topological polar surface area (TPSA) is 77.3 Å². The molecule has 2 aromatic rings. The van der Waals surface area contributed by atoms with Crippen molar-refractivity contribution in [2.24, 2.45) is 7.05 Å². The second-order valence-corrected chi connectivity index (χ2v) is 6.29. The van der Waals surface area contributed by atoms with Gasteiger partial charge in [-0.2, -0.15) is 0 Å². The lowest BCUT2D eigenvalue weighted by Crippen LogP contribution is -2.42. The van der Waals surface area contributed by atoms with E-state index >= 15 is 0 Å². The lowest BCUT2D eigenvalue weighted by atomic mass is 9.98. The molecule has 124 valence electrons. The molecule has 24 heavy (non-hydrogen) atoms. The van der Waals surface area contributed by atoms with Gasteiger partial charge in [0.25, 0.3) is 11.5 Å². The van der Waals surface area contributed by atoms with Crippen LogP contribution in [0.3, 0.4) is 0 Å². The van der Waals surface area contributed by atoms with Crippen molar-refractivity contribution in [2.75, 3.05) is 7.11 Å². The Morgan fingerprint density at radius 1 is 1.38 bits per heavy atom. The Bertz CT molecular complexity index is 876. The zero-order chi connectivity index (χ0) is 16.8. The van der Waals surface area contributed by atoms with Gasteiger partial charge in [0.15, 0.2) is 0 Å². The molecule has 1 saturated heterocycles. The van der Waals surface area contributed by atoms with Gasteiger partial charge < -0.3 is 14.2 Å². The molecule has 2 aliphatic rings. The highest BCUT2D eigenvalue weighted by molar-refractivity contribution is 5.97. The minimum Gasteiger partial charge on any atom is -0.496 e. The van der Waals surface area contributed by atoms with Crippen LogP contribution in [0.4, 0.5) is 0 Å². The van der Waals surface area contributed by atoms with Crippen LogP contribution in [0, 0.1) is 0 Å². The number of carbonyl (C=O) groups excluding carboxylic acids is 1. The van der Waals surface area contributed by atoms with E-state index in [1.54, 1.807) is 19.6 Å². The van der Waals surface area contributed by atoms with E-state index in [-0.39, 0.29) is 23.6 Å². The summed E-state index contributed by atoms with van der Waals surface area (Å²) >= 11 is 0. The third-order valence-electron chi connectivity index (χ3n) is 4.99. The predicted molar refractivity (Wildman–Crippen MR) is 85.9 cm³/mol. The lowest BCUT2D eigenvalue weighted by molar-refractivity contribution is 0.0639. The SMILES string of the molecule is COc1cc(=O)n(C)cc1C(=O)N1C2CCC1c1cncnc1C2. The van der Waals surface area contributed by atoms with E-state index in [2.05, 4.69) is 9.97 Å². The summed E-state index contributed by atoms with van der Waals surface area (Å²) in [5, 5.41) is 0. The molecule has 2 aromatic heterocycles. The van der Waals surface area contributed by atoms with Crippen molar-refractivity contribution in [2.45, 2.75) is 31.3 Å². The molecular weight excluding hydrogens is 308 g/mol. The van der Waals surface area contributed by atoms with Gasteiger partial charge in [-0.05, 0) is 12.8 Å². The van der Waals surface area contributed by atoms with Crippen LogP contribution in [0.5, 0.6) is 5.75 Å². The molecule has 1 fully saturated rings. The third kappa shape index (κ3) is 2.11. The number of aromatic nitrogens is 3. The van der Waals surface area contributed by atoms with Gasteiger partial charge in [-0.25, -0.2) is 9.97 Å². The van der Waals surface area contributed by atoms with E-state index in [0.717, 1.165) is 30.5 Å². The number of rotatable bonds is 2. The summed E-state index contributed by atoms with van der Waals surface area (Å²) in [4.78, 5) is 35.4. The number of hydrogen-bond acceptors (Lipinski definition) is 5. The number of ether oxygens (including phenoxy) is 1. The van der Waals surface area contributed by atoms with E-state index in [1.807, 2.05) is 11.1 Å². The fraction of sp³-hybridized carbons (Fsp3) is 0.412. The maximum absolute atomic E-state index is 13.2. The highest BCUT2D eigenvalue weighted by atomic mass is 16.5. The molecule has 4 rings (SSSR count). The van der Waals surface area contributed by atoms with Crippen LogP contribution >= 0.6 is 0 Å². The molecular formula is C17H18N4O3. The first kappa shape index (κ1) is 14.9. The van der Waals surface area contributed by atoms with Gasteiger partial charge in [0.1, 0.15) is 12.1 Å². The van der Waals surface area contributed by atoms with Crippen molar-refractivity contribution in [1.82, 2.24) is 19.4 Å². The van der Waals surface area contributed by atoms with Gasteiger partial charge in [0.2, 0.25) is 0 Å². The molecule has 0 spiro atoms. The summed E-state index contributed by atoms with van der Waals surface area (Å²) < 4.78 is 6.67. The molecule has 7 nitrogen and oxygen atoms in total. The lowest BCUT2D eigenvalue weighted by Gasteiger charge is -2.35. The minimum absolute atomic E-state index is 0.00519. The van der Waals surface area contributed by atoms with Crippen molar-refractivity contribution in [3.63, 3.8) is 0 Å². The standard InChI is InChI=1S/C17H18N4O3/c1-20-8-12(15(24-2)6-16(20)22)17(23)21-10-3-4-14(21)11-7-18-9-19-13(11)5-10/h6-10,14H,3-5H2,1-2H3. The molecule has 0 saturated carbocycles. The van der Waals surface area contributed by atoms with Gasteiger partial charge in [-0.3, -0.25) is 9.59 Å². The first-order chi connectivity index (χ1) is 11.6. The largest absolute Gasteiger partial charge is 0.496 e. The fourth-order valence-corrected chi connectivity index (χ4v) is 3.82. The van der Waals surface area contributed by atoms with Gasteiger partial charge in [0, 0.05) is 43.5 Å². The maximum Gasteiger partial charge on any atom is 0.259 e. The Hall–Kier alpha value is -2.70. The Kier molecular flexibility index (Phi) is 3.37. The first-order valence-corrected chi connectivity index (χ1v) is 7.96. The molecule has 0 aliphatic carbocycles. The number of aryl methyl sites for hydroxylation is 1. The zero-order valence-corrected chi connectivity index (χ0v) is 13.6. The highest BCUT2D eigenvalue weighted by Gasteiger charge is 2.44. The zero-order valence-electron chi connectivity index (χ0n) is 13.6. The average molecular weight is 326 g/mol. The summed E-state index contributed by atoms with van der Waals surface area (Å²) in [6, 6.07) is 1.48. The number of nitrogens with zero attached hydrogens (tertiary/aromatic N) is 4. The van der Waals surface area contributed by atoms with Crippen molar-refractivity contribution >= 4 is 5.91 Å². The minimum atomic E-state index is -0.205. The Balaban J connectivity index is 1.77. The van der Waals surface area contributed by atoms with Gasteiger partial charge in [-0.15, -0.1) is 0 Å². The van der Waals surface area contributed by atoms with Gasteiger partial charge >= 0.3 is 0 Å². The number of fused-ring (bicyclic) bond motifs is 4. The van der Waals surface area contributed by atoms with E-state index in [0.29, 0.717) is 11.3 Å². The summed E-state index contributed by atoms with van der Waals surface area (Å²) in [5.74, 6) is 0.210. The molecule has 0 radical (unpaired) electrons. The molecule has 0 aromatic carbocycles. The Morgan fingerprint density at radius 3 is 3.00 bits per heavy atom. The quantitative estimate of drug-likeness (QED) is 0.825. The van der Waals surface area contributed by atoms with E-state index in [9.17, 15) is 9.59 Å². The molecule has 7 heteroatoms. The molecule has 2 unspecified atom stereocenters. The van der Waals surface area contributed by atoms with Crippen LogP contribution in [0.2, 0.25) is 0 Å². The Morgan fingerprint density at radius 2 is 2.21 bits per heavy atom. The van der Waals surface area contributed by atoms with Gasteiger partial charge in [-0.1, -0.05) is 0 Å². The summed E-state index contributed by atoms with van der Waals surface area (Å²) in [6.07, 6.45) is 7.53. The van der Waals surface area contributed by atoms with Crippen LogP contribution in [-0.4, -0.2) is 38.5 Å². The van der Waals surface area contributed by atoms with Crippen molar-refractivity contribution in [3.8, 4) is 5.75 Å². The number of carbonyl (C=O) groups is 1. The molecule has 2 bridgehead atoms. The Labute approximate surface area is 138 Å². The number of methoxy groups -OCH3 is 1. The van der Waals surface area contributed by atoms with E-state index in [4.69, 9.17) is 4.74 Å². The summed E-state index contributed by atoms with van der Waals surface area (Å²) in [7, 11) is 3.10. The number of amides is 1. The maximum atomic E-state index is 13.2. The van der Waals surface area contributed by atoms with E-state index in [1.165, 1.54) is 17.7 Å². The van der Waals surface area contributed by atoms with E-state index < -0.39 is 0 Å². The second kappa shape index (κ2) is 5.43. The number of hydrogen-bond donors (Lipinski definition) is 0. The summed E-state index contributed by atoms with van der Waals surface area (Å²) in [6.45, 7) is 0. The molecule has 2 atom stereocenters. The van der Waals surface area contributed by atoms with Crippen molar-refractivity contribution in [1.29, 1.82) is 0 Å². The monoisotopic (exact) mass is 326 g/mol. The number of pyridine rings is 1. The van der Waals surface area contributed by atoms with Crippen LogP contribution < -0.4 is 10.3 Å². The summed E-state index contributed by atoms with van der Waals surface area (Å²) in [5.41, 5.74) is 2.28. The van der Waals surface area contributed by atoms with Crippen LogP contribution in [0.15, 0.2) is 29.6 Å². The van der Waals surface area contributed by atoms with Crippen LogP contribution in [0.25, 0.3) is 0 Å². The second-order valence-electron chi connectivity index (χ2n) is 6.29. The van der Waals surface area contributed by atoms with Crippen molar-refractivity contribution < 1.29 is 9.53 Å².